The molecular formula is C20H21BrN2O6. The number of esters is 1. The number of hydrogen-bond acceptors (Lipinski definition) is 6. The van der Waals surface area contributed by atoms with Crippen LogP contribution in [0.4, 0.5) is 0 Å². The van der Waals surface area contributed by atoms with E-state index in [2.05, 4.69) is 26.8 Å². The summed E-state index contributed by atoms with van der Waals surface area (Å²) in [6, 6.07) is 11.0. The Labute approximate surface area is 176 Å². The zero-order chi connectivity index (χ0) is 21.2. The zero-order valence-electron chi connectivity index (χ0n) is 16.0. The van der Waals surface area contributed by atoms with E-state index in [1.807, 2.05) is 6.92 Å². The van der Waals surface area contributed by atoms with Gasteiger partial charge >= 0.3 is 5.97 Å². The van der Waals surface area contributed by atoms with E-state index in [1.165, 1.54) is 12.1 Å². The SMILES string of the molecule is CCOC(=O)c1ccc(OCC(=O)NNC(=O)c2ccc(OCC)c(Br)c2)cc1. The van der Waals surface area contributed by atoms with Crippen LogP contribution in [0.5, 0.6) is 11.5 Å². The van der Waals surface area contributed by atoms with Crippen molar-refractivity contribution in [2.75, 3.05) is 19.8 Å². The molecule has 9 heteroatoms. The van der Waals surface area contributed by atoms with Crippen molar-refractivity contribution in [2.24, 2.45) is 0 Å². The Balaban J connectivity index is 1.80. The fourth-order valence-electron chi connectivity index (χ4n) is 2.20. The van der Waals surface area contributed by atoms with Gasteiger partial charge in [-0.15, -0.1) is 0 Å². The second-order valence-electron chi connectivity index (χ2n) is 5.61. The van der Waals surface area contributed by atoms with Gasteiger partial charge in [0.2, 0.25) is 0 Å². The lowest BCUT2D eigenvalue weighted by molar-refractivity contribution is -0.123. The van der Waals surface area contributed by atoms with Crippen LogP contribution in [0.1, 0.15) is 34.6 Å². The maximum Gasteiger partial charge on any atom is 0.338 e. The molecule has 0 aliphatic carbocycles. The number of ether oxygens (including phenoxy) is 3. The molecule has 0 aliphatic rings. The number of nitrogens with one attached hydrogen (secondary N) is 2. The van der Waals surface area contributed by atoms with Crippen LogP contribution in [-0.2, 0) is 9.53 Å². The van der Waals surface area contributed by atoms with Gasteiger partial charge < -0.3 is 14.2 Å². The lowest BCUT2D eigenvalue weighted by Gasteiger charge is -2.10. The second kappa shape index (κ2) is 11.1. The molecule has 0 radical (unpaired) electrons. The molecule has 2 aromatic rings. The molecule has 2 rings (SSSR count). The molecule has 2 aromatic carbocycles. The van der Waals surface area contributed by atoms with Gasteiger partial charge in [-0.3, -0.25) is 20.4 Å². The standard InChI is InChI=1S/C20H21BrN2O6/c1-3-27-17-10-7-14(11-16(17)21)19(25)23-22-18(24)12-29-15-8-5-13(6-9-15)20(26)28-4-2/h5-11H,3-4,12H2,1-2H3,(H,22,24)(H,23,25). The summed E-state index contributed by atoms with van der Waals surface area (Å²) in [6.45, 7) is 4.06. The molecule has 154 valence electrons. The second-order valence-corrected chi connectivity index (χ2v) is 6.47. The third-order valence-corrected chi connectivity index (χ3v) is 4.16. The first-order valence-electron chi connectivity index (χ1n) is 8.86. The summed E-state index contributed by atoms with van der Waals surface area (Å²) >= 11 is 3.33. The summed E-state index contributed by atoms with van der Waals surface area (Å²) in [5, 5.41) is 0. The highest BCUT2D eigenvalue weighted by Crippen LogP contribution is 2.25. The van der Waals surface area contributed by atoms with Crippen molar-refractivity contribution < 1.29 is 28.6 Å². The van der Waals surface area contributed by atoms with Crippen LogP contribution >= 0.6 is 15.9 Å². The molecule has 0 unspecified atom stereocenters. The number of carbonyl (C=O) groups is 3. The minimum absolute atomic E-state index is 0.288. The fraction of sp³-hybridized carbons (Fsp3) is 0.250. The van der Waals surface area contributed by atoms with Gasteiger partial charge in [-0.05, 0) is 72.2 Å². The Morgan fingerprint density at radius 3 is 2.21 bits per heavy atom. The molecule has 0 saturated carbocycles. The number of amides is 2. The topological polar surface area (TPSA) is 103 Å². The third kappa shape index (κ3) is 6.79. The van der Waals surface area contributed by atoms with Crippen LogP contribution in [0.3, 0.4) is 0 Å². The van der Waals surface area contributed by atoms with Crippen LogP contribution in [0.15, 0.2) is 46.9 Å². The van der Waals surface area contributed by atoms with E-state index < -0.39 is 17.8 Å². The lowest BCUT2D eigenvalue weighted by Crippen LogP contribution is -2.43. The summed E-state index contributed by atoms with van der Waals surface area (Å²) in [6.07, 6.45) is 0. The summed E-state index contributed by atoms with van der Waals surface area (Å²) < 4.78 is 16.2. The largest absolute Gasteiger partial charge is 0.493 e. The number of halogens is 1. The molecule has 0 bridgehead atoms. The predicted molar refractivity (Wildman–Crippen MR) is 109 cm³/mol. The van der Waals surface area contributed by atoms with Crippen LogP contribution in [0.2, 0.25) is 0 Å². The highest BCUT2D eigenvalue weighted by Gasteiger charge is 2.11. The molecule has 0 aliphatic heterocycles. The van der Waals surface area contributed by atoms with E-state index in [0.717, 1.165) is 0 Å². The van der Waals surface area contributed by atoms with Crippen molar-refractivity contribution in [3.8, 4) is 11.5 Å². The monoisotopic (exact) mass is 464 g/mol. The van der Waals surface area contributed by atoms with E-state index in [-0.39, 0.29) is 13.2 Å². The fourth-order valence-corrected chi connectivity index (χ4v) is 2.69. The average Bonchev–Trinajstić information content (AvgIpc) is 2.72. The molecule has 0 atom stereocenters. The highest BCUT2D eigenvalue weighted by molar-refractivity contribution is 9.10. The molecule has 2 N–H and O–H groups in total. The van der Waals surface area contributed by atoms with Gasteiger partial charge in [0, 0.05) is 5.56 Å². The molecule has 0 heterocycles. The Hall–Kier alpha value is -3.07. The first kappa shape index (κ1) is 22.2. The normalized spacial score (nSPS) is 10.0. The number of rotatable bonds is 8. The quantitative estimate of drug-likeness (QED) is 0.459. The van der Waals surface area contributed by atoms with E-state index in [0.29, 0.717) is 33.7 Å². The molecule has 2 amide bonds. The summed E-state index contributed by atoms with van der Waals surface area (Å²) in [5.41, 5.74) is 5.31. The predicted octanol–water partition coefficient (Wildman–Crippen LogP) is 2.86. The van der Waals surface area contributed by atoms with Gasteiger partial charge in [-0.1, -0.05) is 0 Å². The zero-order valence-corrected chi connectivity index (χ0v) is 17.6. The van der Waals surface area contributed by atoms with Crippen molar-refractivity contribution in [3.05, 3.63) is 58.1 Å². The minimum atomic E-state index is -0.544. The number of carbonyl (C=O) groups excluding carboxylic acids is 3. The lowest BCUT2D eigenvalue weighted by atomic mass is 10.2. The maximum absolute atomic E-state index is 12.1. The van der Waals surface area contributed by atoms with Gasteiger partial charge in [-0.25, -0.2) is 4.79 Å². The molecule has 0 saturated heterocycles. The van der Waals surface area contributed by atoms with E-state index >= 15 is 0 Å². The van der Waals surface area contributed by atoms with Crippen molar-refractivity contribution >= 4 is 33.7 Å². The van der Waals surface area contributed by atoms with Gasteiger partial charge in [0.15, 0.2) is 6.61 Å². The third-order valence-electron chi connectivity index (χ3n) is 3.54. The Kier molecular flexibility index (Phi) is 8.47. The van der Waals surface area contributed by atoms with E-state index in [1.54, 1.807) is 37.3 Å². The Morgan fingerprint density at radius 2 is 1.59 bits per heavy atom. The van der Waals surface area contributed by atoms with Gasteiger partial charge in [0.1, 0.15) is 11.5 Å². The highest BCUT2D eigenvalue weighted by atomic mass is 79.9. The van der Waals surface area contributed by atoms with Crippen LogP contribution in [0.25, 0.3) is 0 Å². The van der Waals surface area contributed by atoms with Gasteiger partial charge in [-0.2, -0.15) is 0 Å². The molecule has 29 heavy (non-hydrogen) atoms. The molecule has 0 fully saturated rings. The number of benzene rings is 2. The molecular weight excluding hydrogens is 444 g/mol. The smallest absolute Gasteiger partial charge is 0.338 e. The van der Waals surface area contributed by atoms with Crippen molar-refractivity contribution in [3.63, 3.8) is 0 Å². The van der Waals surface area contributed by atoms with Crippen LogP contribution < -0.4 is 20.3 Å². The molecule has 0 spiro atoms. The van der Waals surface area contributed by atoms with Crippen LogP contribution in [-0.4, -0.2) is 37.6 Å². The average molecular weight is 465 g/mol. The first-order valence-corrected chi connectivity index (χ1v) is 9.65. The van der Waals surface area contributed by atoms with Crippen molar-refractivity contribution in [1.82, 2.24) is 10.9 Å². The molecule has 8 nitrogen and oxygen atoms in total. The van der Waals surface area contributed by atoms with E-state index in [4.69, 9.17) is 14.2 Å². The van der Waals surface area contributed by atoms with Crippen molar-refractivity contribution in [1.29, 1.82) is 0 Å². The summed E-state index contributed by atoms with van der Waals surface area (Å²) in [4.78, 5) is 35.6. The summed E-state index contributed by atoms with van der Waals surface area (Å²) in [7, 11) is 0. The Morgan fingerprint density at radius 1 is 0.897 bits per heavy atom. The number of hydrogen-bond donors (Lipinski definition) is 2. The number of hydrazine groups is 1. The Bertz CT molecular complexity index is 870. The van der Waals surface area contributed by atoms with Gasteiger partial charge in [0.25, 0.3) is 11.8 Å². The minimum Gasteiger partial charge on any atom is -0.493 e. The van der Waals surface area contributed by atoms with Gasteiger partial charge in [0.05, 0.1) is 23.2 Å². The van der Waals surface area contributed by atoms with Crippen LogP contribution in [0, 0.1) is 0 Å². The van der Waals surface area contributed by atoms with Crippen molar-refractivity contribution in [2.45, 2.75) is 13.8 Å². The molecule has 0 aromatic heterocycles. The summed E-state index contributed by atoms with van der Waals surface area (Å²) in [5.74, 6) is -0.440. The first-order chi connectivity index (χ1) is 13.9. The van der Waals surface area contributed by atoms with E-state index in [9.17, 15) is 14.4 Å². The maximum atomic E-state index is 12.1.